The van der Waals surface area contributed by atoms with Gasteiger partial charge >= 0.3 is 0 Å². The van der Waals surface area contributed by atoms with Crippen LogP contribution in [0.3, 0.4) is 0 Å². The Morgan fingerprint density at radius 2 is 2.03 bits per heavy atom. The number of rotatable bonds is 5. The zero-order valence-corrected chi connectivity index (χ0v) is 17.6. The molecule has 0 aliphatic carbocycles. The Balaban J connectivity index is 1.62. The minimum Gasteiger partial charge on any atom is -0.507 e. The molecular weight excluding hydrogens is 388 g/mol. The molecule has 2 aromatic rings. The first-order chi connectivity index (χ1) is 13.7. The van der Waals surface area contributed by atoms with E-state index in [1.54, 1.807) is 6.07 Å². The molecule has 1 amide bonds. The van der Waals surface area contributed by atoms with Crippen LogP contribution < -0.4 is 16.3 Å². The molecule has 0 spiro atoms. The second kappa shape index (κ2) is 8.95. The molecular formula is C22H27ClN4O2. The Kier molecular flexibility index (Phi) is 6.57. The second-order valence-corrected chi connectivity index (χ2v) is 8.80. The van der Waals surface area contributed by atoms with Gasteiger partial charge in [-0.3, -0.25) is 10.2 Å². The quantitative estimate of drug-likeness (QED) is 0.446. The number of hydrogen-bond acceptors (Lipinski definition) is 5. The van der Waals surface area contributed by atoms with Crippen molar-refractivity contribution in [2.45, 2.75) is 45.7 Å². The number of aromatic hydroxyl groups is 1. The molecule has 0 aromatic heterocycles. The summed E-state index contributed by atoms with van der Waals surface area (Å²) in [6.07, 6.45) is 2.77. The van der Waals surface area contributed by atoms with Crippen LogP contribution in [0.25, 0.3) is 0 Å². The van der Waals surface area contributed by atoms with Gasteiger partial charge < -0.3 is 5.11 Å². The smallest absolute Gasteiger partial charge is 0.258 e. The van der Waals surface area contributed by atoms with E-state index in [1.165, 1.54) is 6.21 Å². The van der Waals surface area contributed by atoms with Crippen LogP contribution in [-0.4, -0.2) is 29.3 Å². The van der Waals surface area contributed by atoms with Crippen LogP contribution in [0.2, 0.25) is 5.02 Å². The van der Waals surface area contributed by atoms with Gasteiger partial charge in [0.15, 0.2) is 0 Å². The SMILES string of the molecule is CC(C)(C)C1CC(C(=O)N/N=C/c2cc(Cc3ccccc3Cl)ccc2O)NN1. The van der Waals surface area contributed by atoms with Gasteiger partial charge in [-0.1, -0.05) is 56.6 Å². The van der Waals surface area contributed by atoms with E-state index in [2.05, 4.69) is 42.1 Å². The van der Waals surface area contributed by atoms with Crippen LogP contribution >= 0.6 is 11.6 Å². The number of amides is 1. The predicted molar refractivity (Wildman–Crippen MR) is 116 cm³/mol. The van der Waals surface area contributed by atoms with Crippen LogP contribution in [0, 0.1) is 5.41 Å². The number of hydrazone groups is 1. The summed E-state index contributed by atoms with van der Waals surface area (Å²) in [5.74, 6) is -0.119. The number of benzene rings is 2. The van der Waals surface area contributed by atoms with Gasteiger partial charge in [-0.2, -0.15) is 5.10 Å². The molecule has 1 fully saturated rings. The zero-order valence-electron chi connectivity index (χ0n) is 16.9. The first-order valence-electron chi connectivity index (χ1n) is 9.63. The lowest BCUT2D eigenvalue weighted by Crippen LogP contribution is -2.43. The van der Waals surface area contributed by atoms with Crippen molar-refractivity contribution >= 4 is 23.7 Å². The highest BCUT2D eigenvalue weighted by molar-refractivity contribution is 6.31. The predicted octanol–water partition coefficient (Wildman–Crippen LogP) is 3.37. The molecule has 6 nitrogen and oxygen atoms in total. The van der Waals surface area contributed by atoms with Crippen LogP contribution in [-0.2, 0) is 11.2 Å². The molecule has 0 bridgehead atoms. The molecule has 1 aliphatic heterocycles. The first kappa shape index (κ1) is 21.3. The Bertz CT molecular complexity index is 908. The summed E-state index contributed by atoms with van der Waals surface area (Å²) in [6, 6.07) is 12.8. The van der Waals surface area contributed by atoms with Crippen molar-refractivity contribution in [2.24, 2.45) is 10.5 Å². The van der Waals surface area contributed by atoms with Gasteiger partial charge in [0.1, 0.15) is 11.8 Å². The van der Waals surface area contributed by atoms with Gasteiger partial charge in [-0.15, -0.1) is 0 Å². The number of nitrogens with zero attached hydrogens (tertiary/aromatic N) is 1. The monoisotopic (exact) mass is 414 g/mol. The van der Waals surface area contributed by atoms with E-state index in [0.717, 1.165) is 11.1 Å². The summed E-state index contributed by atoms with van der Waals surface area (Å²) in [5, 5.41) is 14.8. The van der Waals surface area contributed by atoms with Crippen LogP contribution in [0.1, 0.15) is 43.9 Å². The van der Waals surface area contributed by atoms with Crippen molar-refractivity contribution in [3.05, 3.63) is 64.2 Å². The summed E-state index contributed by atoms with van der Waals surface area (Å²) in [4.78, 5) is 12.3. The molecule has 1 heterocycles. The van der Waals surface area contributed by atoms with Crippen LogP contribution in [0.15, 0.2) is 47.6 Å². The van der Waals surface area contributed by atoms with Crippen molar-refractivity contribution in [3.8, 4) is 5.75 Å². The molecule has 0 radical (unpaired) electrons. The second-order valence-electron chi connectivity index (χ2n) is 8.39. The molecule has 3 rings (SSSR count). The maximum absolute atomic E-state index is 12.3. The molecule has 2 atom stereocenters. The van der Waals surface area contributed by atoms with Crippen molar-refractivity contribution in [2.75, 3.05) is 0 Å². The number of hydrogen-bond donors (Lipinski definition) is 4. The summed E-state index contributed by atoms with van der Waals surface area (Å²) >= 11 is 6.23. The minimum atomic E-state index is -0.350. The van der Waals surface area contributed by atoms with Crippen molar-refractivity contribution in [1.29, 1.82) is 0 Å². The van der Waals surface area contributed by atoms with Gasteiger partial charge in [0.2, 0.25) is 0 Å². The fourth-order valence-corrected chi connectivity index (χ4v) is 3.42. The van der Waals surface area contributed by atoms with E-state index < -0.39 is 0 Å². The summed E-state index contributed by atoms with van der Waals surface area (Å²) in [6.45, 7) is 6.38. The van der Waals surface area contributed by atoms with E-state index in [4.69, 9.17) is 11.6 Å². The van der Waals surface area contributed by atoms with E-state index in [1.807, 2.05) is 36.4 Å². The van der Waals surface area contributed by atoms with Crippen molar-refractivity contribution in [3.63, 3.8) is 0 Å². The molecule has 29 heavy (non-hydrogen) atoms. The van der Waals surface area contributed by atoms with Crippen LogP contribution in [0.4, 0.5) is 0 Å². The lowest BCUT2D eigenvalue weighted by atomic mass is 9.84. The number of halogens is 1. The molecule has 154 valence electrons. The minimum absolute atomic E-state index is 0.0547. The Morgan fingerprint density at radius 1 is 1.28 bits per heavy atom. The molecule has 0 saturated carbocycles. The highest BCUT2D eigenvalue weighted by Crippen LogP contribution is 2.25. The third-order valence-electron chi connectivity index (χ3n) is 5.09. The Hall–Kier alpha value is -2.41. The summed E-state index contributed by atoms with van der Waals surface area (Å²) < 4.78 is 0. The van der Waals surface area contributed by atoms with Gasteiger partial charge in [0.05, 0.1) is 6.21 Å². The van der Waals surface area contributed by atoms with E-state index in [-0.39, 0.29) is 29.2 Å². The maximum atomic E-state index is 12.3. The third kappa shape index (κ3) is 5.56. The van der Waals surface area contributed by atoms with E-state index in [9.17, 15) is 9.90 Å². The number of phenolic OH excluding ortho intramolecular Hbond substituents is 1. The topological polar surface area (TPSA) is 85.8 Å². The fraction of sp³-hybridized carbons (Fsp3) is 0.364. The number of hydrazine groups is 1. The molecule has 4 N–H and O–H groups in total. The third-order valence-corrected chi connectivity index (χ3v) is 5.46. The normalized spacial score (nSPS) is 19.6. The maximum Gasteiger partial charge on any atom is 0.258 e. The molecule has 7 heteroatoms. The molecule has 1 aliphatic rings. The number of carbonyl (C=O) groups excluding carboxylic acids is 1. The fourth-order valence-electron chi connectivity index (χ4n) is 3.22. The van der Waals surface area contributed by atoms with Crippen molar-refractivity contribution in [1.82, 2.24) is 16.3 Å². The Morgan fingerprint density at radius 3 is 2.72 bits per heavy atom. The highest BCUT2D eigenvalue weighted by Gasteiger charge is 2.35. The largest absolute Gasteiger partial charge is 0.507 e. The van der Waals surface area contributed by atoms with Gasteiger partial charge in [0.25, 0.3) is 5.91 Å². The summed E-state index contributed by atoms with van der Waals surface area (Å²) in [7, 11) is 0. The number of carbonyl (C=O) groups is 1. The molecule has 1 saturated heterocycles. The highest BCUT2D eigenvalue weighted by atomic mass is 35.5. The lowest BCUT2D eigenvalue weighted by molar-refractivity contribution is -0.122. The first-order valence-corrected chi connectivity index (χ1v) is 10.0. The standard InChI is InChI=1S/C22H27ClN4O2/c1-22(2,3)20-12-18(25-26-20)21(29)27-24-13-16-11-14(8-9-19(16)28)10-15-6-4-5-7-17(15)23/h4-9,11,13,18,20,25-26,28H,10,12H2,1-3H3,(H,27,29)/b24-13+. The number of nitrogens with one attached hydrogen (secondary N) is 3. The zero-order chi connectivity index (χ0) is 21.0. The molecule has 2 aromatic carbocycles. The molecule has 2 unspecified atom stereocenters. The van der Waals surface area contributed by atoms with E-state index in [0.29, 0.717) is 23.4 Å². The van der Waals surface area contributed by atoms with Gasteiger partial charge in [-0.05, 0) is 47.6 Å². The lowest BCUT2D eigenvalue weighted by Gasteiger charge is -2.25. The van der Waals surface area contributed by atoms with Crippen LogP contribution in [0.5, 0.6) is 5.75 Å². The van der Waals surface area contributed by atoms with E-state index >= 15 is 0 Å². The Labute approximate surface area is 176 Å². The van der Waals surface area contributed by atoms with Crippen molar-refractivity contribution < 1.29 is 9.90 Å². The summed E-state index contributed by atoms with van der Waals surface area (Å²) in [5.41, 5.74) is 11.3. The number of phenols is 1. The van der Waals surface area contributed by atoms with Gasteiger partial charge in [-0.25, -0.2) is 10.9 Å². The average molecular weight is 415 g/mol. The average Bonchev–Trinajstić information content (AvgIpc) is 3.17. The van der Waals surface area contributed by atoms with Gasteiger partial charge in [0, 0.05) is 16.6 Å².